The molecule has 0 heterocycles. The molecule has 0 unspecified atom stereocenters. The fourth-order valence-electron chi connectivity index (χ4n) is 1.47. The highest BCUT2D eigenvalue weighted by Gasteiger charge is 2.12. The van der Waals surface area contributed by atoms with Gasteiger partial charge in [0.25, 0.3) is 0 Å². The normalized spacial score (nSPS) is 10.2. The molecular formula is C13H9BrClNO. The first kappa shape index (κ1) is 12.1. The smallest absolute Gasteiger partial charge is 0.194 e. The number of ketones is 1. The molecule has 17 heavy (non-hydrogen) atoms. The van der Waals surface area contributed by atoms with Gasteiger partial charge in [0.2, 0.25) is 0 Å². The maximum Gasteiger partial charge on any atom is 0.194 e. The van der Waals surface area contributed by atoms with E-state index in [4.69, 9.17) is 17.3 Å². The van der Waals surface area contributed by atoms with Gasteiger partial charge in [-0.15, -0.1) is 0 Å². The van der Waals surface area contributed by atoms with E-state index in [2.05, 4.69) is 15.9 Å². The van der Waals surface area contributed by atoms with Crippen LogP contribution in [0, 0.1) is 0 Å². The van der Waals surface area contributed by atoms with Crippen LogP contribution in [0.5, 0.6) is 0 Å². The first-order valence-electron chi connectivity index (χ1n) is 4.93. The standard InChI is InChI=1S/C13H9BrClNO/c14-12-7-10(16)5-6-11(12)13(17)8-1-3-9(15)4-2-8/h1-7H,16H2. The Bertz CT molecular complexity index is 566. The maximum absolute atomic E-state index is 12.2. The second kappa shape index (κ2) is 4.90. The first-order valence-corrected chi connectivity index (χ1v) is 6.10. The van der Waals surface area contributed by atoms with Crippen molar-refractivity contribution in [3.05, 3.63) is 63.1 Å². The van der Waals surface area contributed by atoms with Gasteiger partial charge in [0, 0.05) is 26.3 Å². The summed E-state index contributed by atoms with van der Waals surface area (Å²) < 4.78 is 0.692. The molecule has 0 aromatic heterocycles. The molecule has 0 saturated heterocycles. The third-order valence-corrected chi connectivity index (χ3v) is 3.25. The van der Waals surface area contributed by atoms with Gasteiger partial charge in [0.1, 0.15) is 0 Å². The van der Waals surface area contributed by atoms with E-state index in [1.54, 1.807) is 42.5 Å². The molecule has 0 bridgehead atoms. The molecule has 0 aliphatic carbocycles. The average Bonchev–Trinajstić information content (AvgIpc) is 2.29. The summed E-state index contributed by atoms with van der Waals surface area (Å²) in [4.78, 5) is 12.2. The Morgan fingerprint density at radius 2 is 1.76 bits per heavy atom. The monoisotopic (exact) mass is 309 g/mol. The van der Waals surface area contributed by atoms with E-state index in [0.29, 0.717) is 26.3 Å². The molecule has 0 fully saturated rings. The van der Waals surface area contributed by atoms with Crippen LogP contribution in [0.1, 0.15) is 15.9 Å². The lowest BCUT2D eigenvalue weighted by atomic mass is 10.0. The summed E-state index contributed by atoms with van der Waals surface area (Å²) in [5.74, 6) is -0.0615. The van der Waals surface area contributed by atoms with Crippen LogP contribution in [-0.2, 0) is 0 Å². The van der Waals surface area contributed by atoms with Crippen molar-refractivity contribution in [3.63, 3.8) is 0 Å². The summed E-state index contributed by atoms with van der Waals surface area (Å²) in [7, 11) is 0. The molecule has 4 heteroatoms. The van der Waals surface area contributed by atoms with E-state index in [-0.39, 0.29) is 5.78 Å². The predicted molar refractivity (Wildman–Crippen MR) is 73.4 cm³/mol. The molecule has 0 aliphatic heterocycles. The SMILES string of the molecule is Nc1ccc(C(=O)c2ccc(Cl)cc2)c(Br)c1. The molecule has 0 amide bonds. The molecule has 0 aliphatic rings. The minimum Gasteiger partial charge on any atom is -0.399 e. The molecule has 2 rings (SSSR count). The Balaban J connectivity index is 2.40. The highest BCUT2D eigenvalue weighted by Crippen LogP contribution is 2.23. The number of nitrogens with two attached hydrogens (primary N) is 1. The van der Waals surface area contributed by atoms with Crippen molar-refractivity contribution < 1.29 is 4.79 Å². The van der Waals surface area contributed by atoms with E-state index < -0.39 is 0 Å². The van der Waals surface area contributed by atoms with E-state index in [1.165, 1.54) is 0 Å². The van der Waals surface area contributed by atoms with Gasteiger partial charge < -0.3 is 5.73 Å². The molecule has 0 saturated carbocycles. The lowest BCUT2D eigenvalue weighted by Crippen LogP contribution is -2.02. The van der Waals surface area contributed by atoms with Crippen molar-refractivity contribution in [2.24, 2.45) is 0 Å². The fraction of sp³-hybridized carbons (Fsp3) is 0. The highest BCUT2D eigenvalue weighted by atomic mass is 79.9. The number of carbonyl (C=O) groups is 1. The summed E-state index contributed by atoms with van der Waals surface area (Å²) in [5.41, 5.74) is 7.42. The van der Waals surface area contributed by atoms with E-state index in [1.807, 2.05) is 0 Å². The third-order valence-electron chi connectivity index (χ3n) is 2.34. The van der Waals surface area contributed by atoms with Crippen molar-refractivity contribution in [2.75, 3.05) is 5.73 Å². The maximum atomic E-state index is 12.2. The molecule has 2 aromatic rings. The quantitative estimate of drug-likeness (QED) is 0.675. The molecule has 0 atom stereocenters. The largest absolute Gasteiger partial charge is 0.399 e. The van der Waals surface area contributed by atoms with Gasteiger partial charge >= 0.3 is 0 Å². The Labute approximate surface area is 113 Å². The zero-order valence-corrected chi connectivity index (χ0v) is 11.1. The second-order valence-electron chi connectivity index (χ2n) is 3.58. The minimum absolute atomic E-state index is 0.0615. The Morgan fingerprint density at radius 1 is 1.12 bits per heavy atom. The van der Waals surface area contributed by atoms with Crippen LogP contribution in [0.15, 0.2) is 46.9 Å². The number of hydrogen-bond acceptors (Lipinski definition) is 2. The van der Waals surface area contributed by atoms with Crippen LogP contribution >= 0.6 is 27.5 Å². The van der Waals surface area contributed by atoms with Gasteiger partial charge in [-0.1, -0.05) is 11.6 Å². The average molecular weight is 311 g/mol. The molecule has 0 radical (unpaired) electrons. The zero-order chi connectivity index (χ0) is 12.4. The summed E-state index contributed by atoms with van der Waals surface area (Å²) in [6.45, 7) is 0. The first-order chi connectivity index (χ1) is 8.08. The lowest BCUT2D eigenvalue weighted by molar-refractivity contribution is 0.103. The van der Waals surface area contributed by atoms with Gasteiger partial charge in [0.15, 0.2) is 5.78 Å². The Kier molecular flexibility index (Phi) is 3.50. The van der Waals surface area contributed by atoms with Crippen LogP contribution < -0.4 is 5.73 Å². The molecule has 2 aromatic carbocycles. The van der Waals surface area contributed by atoms with Crippen molar-refractivity contribution >= 4 is 39.0 Å². The van der Waals surface area contributed by atoms with Crippen LogP contribution in [0.4, 0.5) is 5.69 Å². The van der Waals surface area contributed by atoms with Crippen LogP contribution in [0.25, 0.3) is 0 Å². The molecule has 0 spiro atoms. The van der Waals surface area contributed by atoms with Crippen molar-refractivity contribution in [3.8, 4) is 0 Å². The van der Waals surface area contributed by atoms with E-state index in [0.717, 1.165) is 0 Å². The van der Waals surface area contributed by atoms with Gasteiger partial charge in [-0.3, -0.25) is 4.79 Å². The van der Waals surface area contributed by atoms with E-state index in [9.17, 15) is 4.79 Å². The second-order valence-corrected chi connectivity index (χ2v) is 4.87. The van der Waals surface area contributed by atoms with Crippen LogP contribution in [0.3, 0.4) is 0 Å². The van der Waals surface area contributed by atoms with Crippen molar-refractivity contribution in [1.29, 1.82) is 0 Å². The van der Waals surface area contributed by atoms with Crippen LogP contribution in [-0.4, -0.2) is 5.78 Å². The van der Waals surface area contributed by atoms with E-state index >= 15 is 0 Å². The highest BCUT2D eigenvalue weighted by molar-refractivity contribution is 9.10. The van der Waals surface area contributed by atoms with Gasteiger partial charge in [-0.2, -0.15) is 0 Å². The molecule has 2 N–H and O–H groups in total. The van der Waals surface area contributed by atoms with Crippen LogP contribution in [0.2, 0.25) is 5.02 Å². The minimum atomic E-state index is -0.0615. The number of benzene rings is 2. The Hall–Kier alpha value is -1.32. The summed E-state index contributed by atoms with van der Waals surface area (Å²) in [5, 5.41) is 0.609. The zero-order valence-electron chi connectivity index (χ0n) is 8.78. The van der Waals surface area contributed by atoms with Gasteiger partial charge in [-0.05, 0) is 58.4 Å². The number of anilines is 1. The number of rotatable bonds is 2. The van der Waals surface area contributed by atoms with Gasteiger partial charge in [0.05, 0.1) is 0 Å². The van der Waals surface area contributed by atoms with Crippen molar-refractivity contribution in [1.82, 2.24) is 0 Å². The third kappa shape index (κ3) is 2.68. The summed E-state index contributed by atoms with van der Waals surface area (Å²) >= 11 is 9.11. The topological polar surface area (TPSA) is 43.1 Å². The summed E-state index contributed by atoms with van der Waals surface area (Å²) in [6, 6.07) is 11.9. The fourth-order valence-corrected chi connectivity index (χ4v) is 2.17. The Morgan fingerprint density at radius 3 is 2.35 bits per heavy atom. The molecular weight excluding hydrogens is 302 g/mol. The molecule has 86 valence electrons. The summed E-state index contributed by atoms with van der Waals surface area (Å²) in [6.07, 6.45) is 0. The lowest BCUT2D eigenvalue weighted by Gasteiger charge is -2.05. The predicted octanol–water partition coefficient (Wildman–Crippen LogP) is 3.92. The number of halogens is 2. The number of nitrogen functional groups attached to an aromatic ring is 1. The van der Waals surface area contributed by atoms with Gasteiger partial charge in [-0.25, -0.2) is 0 Å². The van der Waals surface area contributed by atoms with Crippen molar-refractivity contribution in [2.45, 2.75) is 0 Å². The number of hydrogen-bond donors (Lipinski definition) is 1. The molecule has 2 nitrogen and oxygen atoms in total. The number of carbonyl (C=O) groups excluding carboxylic acids is 1.